The van der Waals surface area contributed by atoms with E-state index in [9.17, 15) is 21.6 Å². The molecule has 11 heteroatoms. The van der Waals surface area contributed by atoms with Crippen LogP contribution in [0.4, 0.5) is 11.4 Å². The minimum Gasteiger partial charge on any atom is -0.326 e. The molecule has 0 radical (unpaired) electrons. The van der Waals surface area contributed by atoms with Crippen LogP contribution in [-0.4, -0.2) is 53.4 Å². The molecular formula is C18H23N3O5S3. The normalized spacial score (nSPS) is 18.3. The highest BCUT2D eigenvalue weighted by molar-refractivity contribution is 7.92. The maximum Gasteiger partial charge on any atom is 0.252 e. The van der Waals surface area contributed by atoms with Gasteiger partial charge in [-0.3, -0.25) is 9.10 Å². The summed E-state index contributed by atoms with van der Waals surface area (Å²) in [6, 6.07) is 9.77. The third kappa shape index (κ3) is 4.97. The van der Waals surface area contributed by atoms with E-state index in [1.807, 2.05) is 0 Å². The van der Waals surface area contributed by atoms with Crippen molar-refractivity contribution in [1.29, 1.82) is 0 Å². The maximum atomic E-state index is 12.7. The molecular weight excluding hydrogens is 434 g/mol. The molecule has 0 saturated carbocycles. The molecule has 1 fully saturated rings. The number of piperidine rings is 1. The van der Waals surface area contributed by atoms with Gasteiger partial charge < -0.3 is 5.32 Å². The average molecular weight is 458 g/mol. The number of sulfonamides is 2. The van der Waals surface area contributed by atoms with Gasteiger partial charge in [0.25, 0.3) is 10.0 Å². The summed E-state index contributed by atoms with van der Waals surface area (Å²) < 4.78 is 51.7. The van der Waals surface area contributed by atoms with Gasteiger partial charge in [0.2, 0.25) is 15.9 Å². The minimum absolute atomic E-state index is 0.120. The lowest BCUT2D eigenvalue weighted by molar-refractivity contribution is -0.120. The largest absolute Gasteiger partial charge is 0.326 e. The van der Waals surface area contributed by atoms with Crippen molar-refractivity contribution in [3.8, 4) is 0 Å². The summed E-state index contributed by atoms with van der Waals surface area (Å²) in [5, 5.41) is 4.50. The molecule has 0 spiro atoms. The van der Waals surface area contributed by atoms with Crippen LogP contribution in [0.2, 0.25) is 0 Å². The number of carbonyl (C=O) groups is 1. The predicted octanol–water partition coefficient (Wildman–Crippen LogP) is 2.18. The quantitative estimate of drug-likeness (QED) is 0.716. The van der Waals surface area contributed by atoms with Gasteiger partial charge in [-0.25, -0.2) is 16.8 Å². The number of thiophene rings is 1. The summed E-state index contributed by atoms with van der Waals surface area (Å²) in [6.45, 7) is 0.508. The van der Waals surface area contributed by atoms with Crippen molar-refractivity contribution in [2.45, 2.75) is 17.1 Å². The lowest BCUT2D eigenvalue weighted by Crippen LogP contribution is -2.43. The first-order chi connectivity index (χ1) is 13.6. The van der Waals surface area contributed by atoms with Crippen LogP contribution in [0.15, 0.2) is 46.0 Å². The van der Waals surface area contributed by atoms with E-state index < -0.39 is 26.0 Å². The van der Waals surface area contributed by atoms with E-state index in [0.717, 1.165) is 21.9 Å². The van der Waals surface area contributed by atoms with E-state index in [0.29, 0.717) is 30.8 Å². The number of benzene rings is 1. The van der Waals surface area contributed by atoms with E-state index in [1.54, 1.807) is 41.8 Å². The second-order valence-electron chi connectivity index (χ2n) is 6.90. The van der Waals surface area contributed by atoms with Gasteiger partial charge in [0.1, 0.15) is 4.21 Å². The Morgan fingerprint density at radius 1 is 1.21 bits per heavy atom. The fourth-order valence-electron chi connectivity index (χ4n) is 3.13. The molecule has 0 bridgehead atoms. The number of carbonyl (C=O) groups excluding carboxylic acids is 1. The second-order valence-corrected chi connectivity index (χ2v) is 12.0. The highest BCUT2D eigenvalue weighted by Crippen LogP contribution is 2.27. The molecule has 1 saturated heterocycles. The fraction of sp³-hybridized carbons (Fsp3) is 0.389. The number of hydrogen-bond acceptors (Lipinski definition) is 6. The number of hydrogen-bond donors (Lipinski definition) is 1. The molecule has 29 heavy (non-hydrogen) atoms. The zero-order valence-corrected chi connectivity index (χ0v) is 18.6. The van der Waals surface area contributed by atoms with Gasteiger partial charge in [-0.2, -0.15) is 4.31 Å². The molecule has 1 atom stereocenters. The smallest absolute Gasteiger partial charge is 0.252 e. The summed E-state index contributed by atoms with van der Waals surface area (Å²) in [5.41, 5.74) is 0.886. The van der Waals surface area contributed by atoms with Crippen LogP contribution in [0.3, 0.4) is 0 Å². The summed E-state index contributed by atoms with van der Waals surface area (Å²) in [6.07, 6.45) is 2.29. The van der Waals surface area contributed by atoms with E-state index in [2.05, 4.69) is 5.32 Å². The molecule has 158 valence electrons. The Bertz CT molecular complexity index is 1080. The van der Waals surface area contributed by atoms with Crippen molar-refractivity contribution in [2.75, 3.05) is 36.0 Å². The lowest BCUT2D eigenvalue weighted by atomic mass is 9.98. The number of amides is 1. The van der Waals surface area contributed by atoms with E-state index >= 15 is 0 Å². The van der Waals surface area contributed by atoms with Gasteiger partial charge in [-0.1, -0.05) is 12.1 Å². The van der Waals surface area contributed by atoms with Crippen LogP contribution in [0.25, 0.3) is 0 Å². The van der Waals surface area contributed by atoms with Crippen LogP contribution in [0.5, 0.6) is 0 Å². The van der Waals surface area contributed by atoms with Gasteiger partial charge in [0.05, 0.1) is 17.9 Å². The summed E-state index contributed by atoms with van der Waals surface area (Å²) in [4.78, 5) is 12.7. The van der Waals surface area contributed by atoms with Crippen LogP contribution in [-0.2, 0) is 24.8 Å². The SMILES string of the molecule is CN(c1cccc(NC(=O)[C@@H]2CCCN(S(=O)(=O)c3cccs3)C2)c1)S(C)(=O)=O. The summed E-state index contributed by atoms with van der Waals surface area (Å²) >= 11 is 1.16. The van der Waals surface area contributed by atoms with Crippen molar-refractivity contribution in [3.05, 3.63) is 41.8 Å². The van der Waals surface area contributed by atoms with Crippen molar-refractivity contribution in [2.24, 2.45) is 5.92 Å². The topological polar surface area (TPSA) is 104 Å². The number of nitrogens with zero attached hydrogens (tertiary/aromatic N) is 2. The van der Waals surface area contributed by atoms with Crippen LogP contribution in [0.1, 0.15) is 12.8 Å². The zero-order valence-electron chi connectivity index (χ0n) is 16.1. The van der Waals surface area contributed by atoms with Crippen molar-refractivity contribution in [3.63, 3.8) is 0 Å². The van der Waals surface area contributed by atoms with Crippen molar-refractivity contribution in [1.82, 2.24) is 4.31 Å². The second kappa shape index (κ2) is 8.42. The Hall–Kier alpha value is -1.95. The molecule has 1 aliphatic heterocycles. The number of nitrogens with one attached hydrogen (secondary N) is 1. The molecule has 0 aliphatic carbocycles. The van der Waals surface area contributed by atoms with Gasteiger partial charge in [-0.15, -0.1) is 11.3 Å². The monoisotopic (exact) mass is 457 g/mol. The lowest BCUT2D eigenvalue weighted by Gasteiger charge is -2.30. The molecule has 1 aromatic heterocycles. The Labute approximate surface area is 175 Å². The van der Waals surface area contributed by atoms with Crippen molar-refractivity contribution >= 4 is 48.7 Å². The highest BCUT2D eigenvalue weighted by atomic mass is 32.2. The average Bonchev–Trinajstić information content (AvgIpc) is 3.22. The molecule has 0 unspecified atom stereocenters. The van der Waals surface area contributed by atoms with Crippen molar-refractivity contribution < 1.29 is 21.6 Å². The van der Waals surface area contributed by atoms with Gasteiger partial charge >= 0.3 is 0 Å². The highest BCUT2D eigenvalue weighted by Gasteiger charge is 2.33. The molecule has 2 aromatic rings. The third-order valence-electron chi connectivity index (χ3n) is 4.82. The molecule has 8 nitrogen and oxygen atoms in total. The molecule has 3 rings (SSSR count). The third-order valence-corrected chi connectivity index (χ3v) is 9.26. The first-order valence-electron chi connectivity index (χ1n) is 8.97. The predicted molar refractivity (Wildman–Crippen MR) is 114 cm³/mol. The first-order valence-corrected chi connectivity index (χ1v) is 13.1. The Morgan fingerprint density at radius 3 is 2.62 bits per heavy atom. The Balaban J connectivity index is 1.71. The Morgan fingerprint density at radius 2 is 1.97 bits per heavy atom. The van der Waals surface area contributed by atoms with Crippen LogP contribution < -0.4 is 9.62 Å². The standard InChI is InChI=1S/C18H23N3O5S3/c1-20(28(2,23)24)16-8-3-7-15(12-16)19-18(22)14-6-4-10-21(13-14)29(25,26)17-9-5-11-27-17/h3,5,7-9,11-12,14H,4,6,10,13H2,1-2H3,(H,19,22)/t14-/m1/s1. The van der Waals surface area contributed by atoms with E-state index in [-0.39, 0.29) is 16.7 Å². The number of anilines is 2. The summed E-state index contributed by atoms with van der Waals surface area (Å²) in [7, 11) is -5.58. The molecule has 1 aromatic carbocycles. The van der Waals surface area contributed by atoms with E-state index in [1.165, 1.54) is 11.4 Å². The summed E-state index contributed by atoms with van der Waals surface area (Å²) in [5.74, 6) is -0.759. The molecule has 1 amide bonds. The van der Waals surface area contributed by atoms with E-state index in [4.69, 9.17) is 0 Å². The first kappa shape index (κ1) is 21.8. The fourth-order valence-corrected chi connectivity index (χ4v) is 6.29. The van der Waals surface area contributed by atoms with Crippen LogP contribution >= 0.6 is 11.3 Å². The minimum atomic E-state index is -3.59. The van der Waals surface area contributed by atoms with Gasteiger partial charge in [-0.05, 0) is 42.5 Å². The van der Waals surface area contributed by atoms with Gasteiger partial charge in [0.15, 0.2) is 0 Å². The number of rotatable bonds is 6. The molecule has 2 heterocycles. The van der Waals surface area contributed by atoms with Crippen LogP contribution in [0, 0.1) is 5.92 Å². The maximum absolute atomic E-state index is 12.7. The molecule has 1 N–H and O–H groups in total. The molecule has 1 aliphatic rings. The Kier molecular flexibility index (Phi) is 6.32. The zero-order chi connectivity index (χ0) is 21.2. The van der Waals surface area contributed by atoms with Gasteiger partial charge in [0, 0.05) is 25.8 Å².